The lowest BCUT2D eigenvalue weighted by molar-refractivity contribution is -0.141. The van der Waals surface area contributed by atoms with Gasteiger partial charge < -0.3 is 10.0 Å². The van der Waals surface area contributed by atoms with E-state index < -0.39 is 0 Å². The van der Waals surface area contributed by atoms with E-state index in [4.69, 9.17) is 0 Å². The van der Waals surface area contributed by atoms with Crippen molar-refractivity contribution >= 4 is 11.7 Å². The quantitative estimate of drug-likeness (QED) is 0.909. The Morgan fingerprint density at radius 3 is 2.64 bits per heavy atom. The zero-order valence-corrected chi connectivity index (χ0v) is 13.4. The van der Waals surface area contributed by atoms with Crippen molar-refractivity contribution in [3.63, 3.8) is 0 Å². The molecule has 1 aliphatic carbocycles. The molecule has 1 amide bonds. The Hall–Kier alpha value is -1.68. The van der Waals surface area contributed by atoms with Crippen molar-refractivity contribution in [2.45, 2.75) is 38.6 Å². The van der Waals surface area contributed by atoms with E-state index in [1.165, 1.54) is 0 Å². The summed E-state index contributed by atoms with van der Waals surface area (Å²) in [6.45, 7) is 2.02. The normalized spacial score (nSPS) is 23.1. The van der Waals surface area contributed by atoms with Crippen LogP contribution in [0.2, 0.25) is 0 Å². The summed E-state index contributed by atoms with van der Waals surface area (Å²) in [4.78, 5) is 26.1. The molecule has 1 aliphatic rings. The summed E-state index contributed by atoms with van der Waals surface area (Å²) in [5, 5.41) is 9.34. The monoisotopic (exact) mass is 303 g/mol. The van der Waals surface area contributed by atoms with Crippen LogP contribution in [-0.2, 0) is 9.59 Å². The van der Waals surface area contributed by atoms with Crippen molar-refractivity contribution in [1.29, 1.82) is 0 Å². The molecule has 2 rings (SSSR count). The number of carbonyl (C=O) groups is 2. The summed E-state index contributed by atoms with van der Waals surface area (Å²) in [6.07, 6.45) is 2.17. The maximum absolute atomic E-state index is 12.8. The summed E-state index contributed by atoms with van der Waals surface area (Å²) >= 11 is 0. The molecule has 1 aromatic rings. The van der Waals surface area contributed by atoms with Gasteiger partial charge in [0.05, 0.1) is 6.04 Å². The van der Waals surface area contributed by atoms with Gasteiger partial charge in [0.25, 0.3) is 0 Å². The molecule has 0 saturated heterocycles. The molecule has 120 valence electrons. The molecule has 1 aromatic carbocycles. The van der Waals surface area contributed by atoms with Crippen LogP contribution in [0.3, 0.4) is 0 Å². The lowest BCUT2D eigenvalue weighted by Gasteiger charge is -2.35. The number of ketones is 1. The average molecular weight is 303 g/mol. The minimum atomic E-state index is -0.122. The maximum Gasteiger partial charge on any atom is 0.226 e. The zero-order valence-electron chi connectivity index (χ0n) is 13.4. The summed E-state index contributed by atoms with van der Waals surface area (Å²) in [7, 11) is 1.80. The van der Waals surface area contributed by atoms with Gasteiger partial charge in [-0.1, -0.05) is 37.3 Å². The van der Waals surface area contributed by atoms with E-state index in [0.717, 1.165) is 5.56 Å². The van der Waals surface area contributed by atoms with E-state index in [2.05, 4.69) is 0 Å². The van der Waals surface area contributed by atoms with Gasteiger partial charge in [0.15, 0.2) is 0 Å². The summed E-state index contributed by atoms with van der Waals surface area (Å²) in [5.74, 6) is 0.353. The maximum atomic E-state index is 12.8. The lowest BCUT2D eigenvalue weighted by Crippen LogP contribution is -2.41. The molecule has 0 bridgehead atoms. The first-order valence-corrected chi connectivity index (χ1v) is 7.98. The summed E-state index contributed by atoms with van der Waals surface area (Å²) < 4.78 is 0. The van der Waals surface area contributed by atoms with E-state index >= 15 is 0 Å². The molecule has 0 radical (unpaired) electrons. The molecule has 4 nitrogen and oxygen atoms in total. The number of amides is 1. The van der Waals surface area contributed by atoms with Crippen molar-refractivity contribution < 1.29 is 14.7 Å². The van der Waals surface area contributed by atoms with Crippen molar-refractivity contribution in [3.8, 4) is 0 Å². The molecule has 0 heterocycles. The van der Waals surface area contributed by atoms with Crippen LogP contribution in [0.4, 0.5) is 0 Å². The Kier molecular flexibility index (Phi) is 5.72. The Morgan fingerprint density at radius 1 is 1.36 bits per heavy atom. The van der Waals surface area contributed by atoms with E-state index in [1.807, 2.05) is 37.3 Å². The highest BCUT2D eigenvalue weighted by molar-refractivity contribution is 5.85. The van der Waals surface area contributed by atoms with E-state index in [1.54, 1.807) is 11.9 Å². The minimum Gasteiger partial charge on any atom is -0.396 e. The van der Waals surface area contributed by atoms with Crippen LogP contribution in [0.25, 0.3) is 0 Å². The van der Waals surface area contributed by atoms with Gasteiger partial charge in [-0.05, 0) is 24.3 Å². The highest BCUT2D eigenvalue weighted by atomic mass is 16.3. The number of benzene rings is 1. The van der Waals surface area contributed by atoms with Gasteiger partial charge in [-0.2, -0.15) is 0 Å². The standard InChI is InChI=1S/C18H25NO3/c1-13-12-15(21)8-9-16(13)18(22)19(2)17(10-11-20)14-6-4-3-5-7-14/h3-7,13,16-17,20H,8-12H2,1-2H3. The molecule has 0 spiro atoms. The fourth-order valence-corrected chi connectivity index (χ4v) is 3.37. The van der Waals surface area contributed by atoms with Gasteiger partial charge in [-0.15, -0.1) is 0 Å². The Bertz CT molecular complexity index is 514. The predicted octanol–water partition coefficient (Wildman–Crippen LogP) is 2.57. The SMILES string of the molecule is CC1CC(=O)CCC1C(=O)N(C)C(CCO)c1ccccc1. The molecule has 1 fully saturated rings. The van der Waals surface area contributed by atoms with E-state index in [-0.39, 0.29) is 36.2 Å². The molecular formula is C18H25NO3. The molecule has 4 heteroatoms. The molecule has 22 heavy (non-hydrogen) atoms. The van der Waals surface area contributed by atoms with Crippen LogP contribution in [-0.4, -0.2) is 35.4 Å². The molecule has 0 aromatic heterocycles. The second-order valence-electron chi connectivity index (χ2n) is 6.25. The van der Waals surface area contributed by atoms with E-state index in [9.17, 15) is 14.7 Å². The second-order valence-corrected chi connectivity index (χ2v) is 6.25. The number of aliphatic hydroxyl groups excluding tert-OH is 1. The predicted molar refractivity (Wildman–Crippen MR) is 85.2 cm³/mol. The smallest absolute Gasteiger partial charge is 0.226 e. The number of Topliss-reactive ketones (excluding diaryl/α,β-unsaturated/α-hetero) is 1. The molecule has 1 N–H and O–H groups in total. The van der Waals surface area contributed by atoms with Crippen LogP contribution in [0.5, 0.6) is 0 Å². The van der Waals surface area contributed by atoms with Crippen LogP contribution >= 0.6 is 0 Å². The summed E-state index contributed by atoms with van der Waals surface area (Å²) in [6, 6.07) is 9.68. The average Bonchev–Trinajstić information content (AvgIpc) is 2.52. The molecule has 3 unspecified atom stereocenters. The van der Waals surface area contributed by atoms with Crippen molar-refractivity contribution in [3.05, 3.63) is 35.9 Å². The topological polar surface area (TPSA) is 57.6 Å². The van der Waals surface area contributed by atoms with Crippen LogP contribution in [0.1, 0.15) is 44.2 Å². The molecule has 3 atom stereocenters. The third-order valence-electron chi connectivity index (χ3n) is 4.69. The highest BCUT2D eigenvalue weighted by Crippen LogP contribution is 2.32. The third kappa shape index (κ3) is 3.74. The third-order valence-corrected chi connectivity index (χ3v) is 4.69. The minimum absolute atomic E-state index is 0.0376. The van der Waals surface area contributed by atoms with Gasteiger partial charge >= 0.3 is 0 Å². The fraction of sp³-hybridized carbons (Fsp3) is 0.556. The lowest BCUT2D eigenvalue weighted by atomic mass is 9.78. The second kappa shape index (κ2) is 7.54. The Labute approximate surface area is 132 Å². The van der Waals surface area contributed by atoms with Gasteiger partial charge in [-0.25, -0.2) is 0 Å². The largest absolute Gasteiger partial charge is 0.396 e. The molecular weight excluding hydrogens is 278 g/mol. The fourth-order valence-electron chi connectivity index (χ4n) is 3.37. The Balaban J connectivity index is 2.14. The van der Waals surface area contributed by atoms with Gasteiger partial charge in [0.2, 0.25) is 5.91 Å². The highest BCUT2D eigenvalue weighted by Gasteiger charge is 2.35. The first-order chi connectivity index (χ1) is 10.5. The summed E-state index contributed by atoms with van der Waals surface area (Å²) in [5.41, 5.74) is 1.03. The Morgan fingerprint density at radius 2 is 2.05 bits per heavy atom. The van der Waals surface area contributed by atoms with Crippen LogP contribution in [0.15, 0.2) is 30.3 Å². The van der Waals surface area contributed by atoms with Gasteiger partial charge in [0.1, 0.15) is 5.78 Å². The molecule has 1 saturated carbocycles. The van der Waals surface area contributed by atoms with Crippen molar-refractivity contribution in [2.24, 2.45) is 11.8 Å². The number of rotatable bonds is 5. The zero-order chi connectivity index (χ0) is 16.1. The van der Waals surface area contributed by atoms with Gasteiger partial charge in [-0.3, -0.25) is 9.59 Å². The number of hydrogen-bond donors (Lipinski definition) is 1. The van der Waals surface area contributed by atoms with Gasteiger partial charge in [0, 0.05) is 32.4 Å². The number of carbonyl (C=O) groups excluding carboxylic acids is 2. The number of hydrogen-bond acceptors (Lipinski definition) is 3. The first-order valence-electron chi connectivity index (χ1n) is 7.98. The van der Waals surface area contributed by atoms with Crippen molar-refractivity contribution in [1.82, 2.24) is 4.90 Å². The first kappa shape index (κ1) is 16.7. The number of nitrogens with zero attached hydrogens (tertiary/aromatic N) is 1. The van der Waals surface area contributed by atoms with E-state index in [0.29, 0.717) is 25.7 Å². The number of aliphatic hydroxyl groups is 1. The molecule has 0 aliphatic heterocycles. The van der Waals surface area contributed by atoms with Crippen molar-refractivity contribution in [2.75, 3.05) is 13.7 Å². The van der Waals surface area contributed by atoms with Crippen LogP contribution < -0.4 is 0 Å². The van der Waals surface area contributed by atoms with Crippen LogP contribution in [0, 0.1) is 11.8 Å².